The highest BCUT2D eigenvalue weighted by molar-refractivity contribution is 6.19. The molecule has 2 aromatic rings. The third kappa shape index (κ3) is 5.35. The van der Waals surface area contributed by atoms with Crippen molar-refractivity contribution >= 4 is 23.5 Å². The molecular weight excluding hydrogens is 324 g/mol. The molecule has 1 aromatic heterocycles. The maximum atomic E-state index is 12.1. The van der Waals surface area contributed by atoms with E-state index in [4.69, 9.17) is 4.74 Å². The zero-order valence-corrected chi connectivity index (χ0v) is 13.5. The summed E-state index contributed by atoms with van der Waals surface area (Å²) in [5.74, 6) is -1.25. The zero-order valence-electron chi connectivity index (χ0n) is 13.5. The van der Waals surface area contributed by atoms with Crippen LogP contribution in [0.4, 0.5) is 5.69 Å². The van der Waals surface area contributed by atoms with Gasteiger partial charge in [-0.25, -0.2) is 4.79 Å². The molecule has 0 bridgehead atoms. The Labute approximate surface area is 144 Å². The molecular formula is C18H16N2O5. The van der Waals surface area contributed by atoms with Gasteiger partial charge >= 0.3 is 5.97 Å². The van der Waals surface area contributed by atoms with Crippen LogP contribution >= 0.6 is 0 Å². The number of nitro groups is 1. The first-order valence-corrected chi connectivity index (χ1v) is 7.51. The summed E-state index contributed by atoms with van der Waals surface area (Å²) in [6, 6.07) is 11.1. The van der Waals surface area contributed by atoms with Gasteiger partial charge in [-0.05, 0) is 30.7 Å². The van der Waals surface area contributed by atoms with Crippen molar-refractivity contribution in [1.29, 1.82) is 0 Å². The number of nitro benzene ring substituents is 1. The summed E-state index contributed by atoms with van der Waals surface area (Å²) in [5, 5.41) is 10.8. The molecule has 0 unspecified atom stereocenters. The van der Waals surface area contributed by atoms with Crippen molar-refractivity contribution in [3.63, 3.8) is 0 Å². The average molecular weight is 340 g/mol. The van der Waals surface area contributed by atoms with E-state index in [9.17, 15) is 19.7 Å². The summed E-state index contributed by atoms with van der Waals surface area (Å²) in [5.41, 5.74) is 0.852. The monoisotopic (exact) mass is 340 g/mol. The number of hydrogen-bond donors (Lipinski definition) is 0. The fraction of sp³-hybridized carbons (Fsp3) is 0.167. The molecule has 2 rings (SSSR count). The van der Waals surface area contributed by atoms with E-state index in [1.807, 2.05) is 6.07 Å². The molecule has 0 aliphatic rings. The fourth-order valence-electron chi connectivity index (χ4n) is 2.07. The maximum Gasteiger partial charge on any atom is 0.341 e. The Morgan fingerprint density at radius 1 is 1.24 bits per heavy atom. The molecule has 0 aliphatic heterocycles. The second kappa shape index (κ2) is 8.49. The molecule has 0 radical (unpaired) electrons. The Morgan fingerprint density at radius 3 is 2.68 bits per heavy atom. The molecule has 0 aliphatic carbocycles. The van der Waals surface area contributed by atoms with E-state index in [1.54, 1.807) is 24.4 Å². The highest BCUT2D eigenvalue weighted by atomic mass is 16.6. The number of benzene rings is 1. The lowest BCUT2D eigenvalue weighted by atomic mass is 10.1. The van der Waals surface area contributed by atoms with Crippen LogP contribution in [0, 0.1) is 10.1 Å². The lowest BCUT2D eigenvalue weighted by Gasteiger charge is -2.06. The number of esters is 1. The number of carbonyl (C=O) groups is 2. The van der Waals surface area contributed by atoms with Crippen LogP contribution < -0.4 is 0 Å². The van der Waals surface area contributed by atoms with Crippen molar-refractivity contribution in [2.24, 2.45) is 0 Å². The number of hydrogen-bond acceptors (Lipinski definition) is 6. The molecule has 0 saturated carbocycles. The number of aromatic nitrogens is 1. The molecule has 0 N–H and O–H groups in total. The predicted octanol–water partition coefficient (Wildman–Crippen LogP) is 2.75. The summed E-state index contributed by atoms with van der Waals surface area (Å²) in [4.78, 5) is 38.2. The molecule has 0 spiro atoms. The minimum absolute atomic E-state index is 0.0788. The van der Waals surface area contributed by atoms with Gasteiger partial charge < -0.3 is 4.74 Å². The van der Waals surface area contributed by atoms with E-state index in [1.165, 1.54) is 31.2 Å². The largest absolute Gasteiger partial charge is 0.462 e. The van der Waals surface area contributed by atoms with Gasteiger partial charge in [0.25, 0.3) is 5.69 Å². The van der Waals surface area contributed by atoms with Crippen LogP contribution in [0.25, 0.3) is 6.08 Å². The maximum absolute atomic E-state index is 12.1. The molecule has 1 aromatic carbocycles. The molecule has 128 valence electrons. The first-order valence-electron chi connectivity index (χ1n) is 7.51. The highest BCUT2D eigenvalue weighted by Gasteiger charge is 2.17. The van der Waals surface area contributed by atoms with Crippen molar-refractivity contribution in [2.45, 2.75) is 13.3 Å². The van der Waals surface area contributed by atoms with Gasteiger partial charge in [-0.3, -0.25) is 19.9 Å². The summed E-state index contributed by atoms with van der Waals surface area (Å²) < 4.78 is 5.12. The van der Waals surface area contributed by atoms with Gasteiger partial charge in [0.05, 0.1) is 11.5 Å². The van der Waals surface area contributed by atoms with Gasteiger partial charge in [0.2, 0.25) is 0 Å². The Morgan fingerprint density at radius 2 is 2.04 bits per heavy atom. The number of nitrogens with zero attached hydrogens (tertiary/aromatic N) is 2. The van der Waals surface area contributed by atoms with E-state index in [0.717, 1.165) is 5.69 Å². The molecule has 0 amide bonds. The van der Waals surface area contributed by atoms with Gasteiger partial charge in [0.1, 0.15) is 5.57 Å². The van der Waals surface area contributed by atoms with Crippen LogP contribution in [0.3, 0.4) is 0 Å². The molecule has 0 fully saturated rings. The van der Waals surface area contributed by atoms with Crippen molar-refractivity contribution in [1.82, 2.24) is 4.98 Å². The standard InChI is InChI=1S/C18H16N2O5/c1-13(21)17(12-14-5-4-7-16(11-14)20(23)24)18(22)25-10-8-15-6-2-3-9-19-15/h2-7,9,11-12H,8,10H2,1H3. The minimum atomic E-state index is -0.769. The summed E-state index contributed by atoms with van der Waals surface area (Å²) in [7, 11) is 0. The third-order valence-corrected chi connectivity index (χ3v) is 3.31. The van der Waals surface area contributed by atoms with Crippen molar-refractivity contribution in [2.75, 3.05) is 6.61 Å². The van der Waals surface area contributed by atoms with E-state index in [2.05, 4.69) is 4.98 Å². The van der Waals surface area contributed by atoms with E-state index in [0.29, 0.717) is 12.0 Å². The van der Waals surface area contributed by atoms with Gasteiger partial charge in [-0.1, -0.05) is 18.2 Å². The summed E-state index contributed by atoms with van der Waals surface area (Å²) in [6.45, 7) is 1.32. The number of Topliss-reactive ketones (excluding diaryl/α,β-unsaturated/α-hetero) is 1. The van der Waals surface area contributed by atoms with Crippen molar-refractivity contribution < 1.29 is 19.2 Å². The summed E-state index contributed by atoms with van der Waals surface area (Å²) in [6.07, 6.45) is 3.35. The van der Waals surface area contributed by atoms with Crippen LogP contribution in [0.5, 0.6) is 0 Å². The van der Waals surface area contributed by atoms with E-state index in [-0.39, 0.29) is 17.9 Å². The second-order valence-electron chi connectivity index (χ2n) is 5.17. The van der Waals surface area contributed by atoms with Crippen LogP contribution in [0.2, 0.25) is 0 Å². The normalized spacial score (nSPS) is 11.0. The fourth-order valence-corrected chi connectivity index (χ4v) is 2.07. The predicted molar refractivity (Wildman–Crippen MR) is 90.7 cm³/mol. The minimum Gasteiger partial charge on any atom is -0.462 e. The van der Waals surface area contributed by atoms with Gasteiger partial charge in [-0.15, -0.1) is 0 Å². The smallest absolute Gasteiger partial charge is 0.341 e. The number of pyridine rings is 1. The Hall–Kier alpha value is -3.35. The number of rotatable bonds is 7. The lowest BCUT2D eigenvalue weighted by Crippen LogP contribution is -2.15. The number of non-ortho nitro benzene ring substituents is 1. The van der Waals surface area contributed by atoms with Crippen LogP contribution in [0.15, 0.2) is 54.2 Å². The van der Waals surface area contributed by atoms with Crippen molar-refractivity contribution in [3.8, 4) is 0 Å². The van der Waals surface area contributed by atoms with Gasteiger partial charge in [-0.2, -0.15) is 0 Å². The third-order valence-electron chi connectivity index (χ3n) is 3.31. The van der Waals surface area contributed by atoms with Crippen molar-refractivity contribution in [3.05, 3.63) is 75.6 Å². The molecule has 1 heterocycles. The van der Waals surface area contributed by atoms with E-state index >= 15 is 0 Å². The Bertz CT molecular complexity index is 815. The first-order chi connectivity index (χ1) is 12.0. The van der Waals surface area contributed by atoms with Gasteiger partial charge in [0.15, 0.2) is 5.78 Å². The lowest BCUT2D eigenvalue weighted by molar-refractivity contribution is -0.384. The first kappa shape index (κ1) is 18.0. The highest BCUT2D eigenvalue weighted by Crippen LogP contribution is 2.16. The Kier molecular flexibility index (Phi) is 6.11. The van der Waals surface area contributed by atoms with E-state index < -0.39 is 16.7 Å². The Balaban J connectivity index is 2.08. The topological polar surface area (TPSA) is 99.4 Å². The molecule has 0 saturated heterocycles. The molecule has 7 heteroatoms. The second-order valence-corrected chi connectivity index (χ2v) is 5.17. The molecule has 0 atom stereocenters. The molecule has 7 nitrogen and oxygen atoms in total. The van der Waals surface area contributed by atoms with Crippen LogP contribution in [-0.4, -0.2) is 28.3 Å². The van der Waals surface area contributed by atoms with Crippen LogP contribution in [0.1, 0.15) is 18.2 Å². The quantitative estimate of drug-likeness (QED) is 0.192. The molecule has 25 heavy (non-hydrogen) atoms. The number of carbonyl (C=O) groups excluding carboxylic acids is 2. The zero-order chi connectivity index (χ0) is 18.2. The summed E-state index contributed by atoms with van der Waals surface area (Å²) >= 11 is 0. The van der Waals surface area contributed by atoms with Crippen LogP contribution in [-0.2, 0) is 20.7 Å². The average Bonchev–Trinajstić information content (AvgIpc) is 2.60. The number of ether oxygens (including phenoxy) is 1. The van der Waals surface area contributed by atoms with Gasteiger partial charge in [0, 0.05) is 30.4 Å². The SMILES string of the molecule is CC(=O)C(=Cc1cccc([N+](=O)[O-])c1)C(=O)OCCc1ccccn1. The number of ketones is 1.